The van der Waals surface area contributed by atoms with Crippen LogP contribution in [0.2, 0.25) is 0 Å². The van der Waals surface area contributed by atoms with Crippen LogP contribution in [0.4, 0.5) is 0 Å². The summed E-state index contributed by atoms with van der Waals surface area (Å²) in [6, 6.07) is 0.856. The minimum absolute atomic E-state index is 0.856. The molecule has 0 aromatic heterocycles. The first kappa shape index (κ1) is 14.5. The first-order chi connectivity index (χ1) is 8.34. The van der Waals surface area contributed by atoms with Gasteiger partial charge in [0, 0.05) is 19.0 Å². The van der Waals surface area contributed by atoms with Crippen LogP contribution in [0.1, 0.15) is 51.9 Å². The van der Waals surface area contributed by atoms with E-state index in [9.17, 15) is 0 Å². The van der Waals surface area contributed by atoms with Crippen molar-refractivity contribution in [3.05, 3.63) is 0 Å². The average Bonchev–Trinajstić information content (AvgIpc) is 2.38. The lowest BCUT2D eigenvalue weighted by atomic mass is 9.94. The molecule has 0 aliphatic heterocycles. The molecule has 0 atom stereocenters. The zero-order valence-corrected chi connectivity index (χ0v) is 11.6. The maximum Gasteiger partial charge on any atom is 0.0214 e. The predicted octanol–water partition coefficient (Wildman–Crippen LogP) is 2.64. The second-order valence-electron chi connectivity index (χ2n) is 5.05. The lowest BCUT2D eigenvalue weighted by molar-refractivity contribution is 0.189. The van der Waals surface area contributed by atoms with Gasteiger partial charge in [0.1, 0.15) is 0 Å². The van der Waals surface area contributed by atoms with Gasteiger partial charge in [0.25, 0.3) is 0 Å². The van der Waals surface area contributed by atoms with Crippen molar-refractivity contribution in [1.82, 2.24) is 10.2 Å². The molecule has 0 unspecified atom stereocenters. The van der Waals surface area contributed by atoms with Gasteiger partial charge in [0.2, 0.25) is 0 Å². The molecule has 2 nitrogen and oxygen atoms in total. The maximum atomic E-state index is 3.45. The number of nitrogens with one attached hydrogen (secondary N) is 1. The molecule has 1 aliphatic rings. The summed E-state index contributed by atoms with van der Waals surface area (Å²) in [4.78, 5) is 2.56. The van der Waals surface area contributed by atoms with Gasteiger partial charge in [-0.25, -0.2) is 0 Å². The van der Waals surface area contributed by atoms with Crippen LogP contribution in [-0.4, -0.2) is 37.6 Å². The topological polar surface area (TPSA) is 15.3 Å². The van der Waals surface area contributed by atoms with Crippen molar-refractivity contribution < 1.29 is 0 Å². The molecule has 0 bridgehead atoms. The summed E-state index contributed by atoms with van der Waals surface area (Å²) < 4.78 is 0. The number of hydrogen-bond acceptors (Lipinski definition) is 2. The summed E-state index contributed by atoms with van der Waals surface area (Å²) in [5, 5.41) is 3.45. The van der Waals surface area contributed by atoms with E-state index >= 15 is 0 Å². The van der Waals surface area contributed by atoms with Crippen LogP contribution >= 0.6 is 0 Å². The van der Waals surface area contributed by atoms with E-state index in [1.807, 2.05) is 6.92 Å². The maximum absolute atomic E-state index is 3.45. The highest BCUT2D eigenvalue weighted by atomic mass is 15.1. The van der Waals surface area contributed by atoms with Crippen molar-refractivity contribution in [1.29, 1.82) is 0 Å². The molecule has 17 heavy (non-hydrogen) atoms. The van der Waals surface area contributed by atoms with Crippen LogP contribution in [0.5, 0.6) is 0 Å². The van der Waals surface area contributed by atoms with Gasteiger partial charge in [-0.3, -0.25) is 0 Å². The molecular weight excluding hydrogens is 208 g/mol. The largest absolute Gasteiger partial charge is 0.316 e. The van der Waals surface area contributed by atoms with Crippen molar-refractivity contribution in [3.8, 4) is 11.8 Å². The molecule has 1 saturated carbocycles. The van der Waals surface area contributed by atoms with Gasteiger partial charge in [-0.05, 0) is 46.3 Å². The first-order valence-corrected chi connectivity index (χ1v) is 7.15. The second-order valence-corrected chi connectivity index (χ2v) is 5.05. The minimum atomic E-state index is 0.856. The molecule has 1 N–H and O–H groups in total. The Morgan fingerprint density at radius 2 is 1.94 bits per heavy atom. The third-order valence-corrected chi connectivity index (χ3v) is 3.67. The van der Waals surface area contributed by atoms with E-state index < -0.39 is 0 Å². The zero-order chi connectivity index (χ0) is 12.3. The van der Waals surface area contributed by atoms with Crippen molar-refractivity contribution in [2.24, 2.45) is 0 Å². The molecule has 1 fully saturated rings. The number of rotatable bonds is 7. The molecular formula is C15H28N2. The SMILES string of the molecule is CC#CCCNCCCN(C)C1CCCCC1. The van der Waals surface area contributed by atoms with E-state index in [-0.39, 0.29) is 0 Å². The van der Waals surface area contributed by atoms with E-state index in [0.717, 1.165) is 25.6 Å². The van der Waals surface area contributed by atoms with Crippen LogP contribution < -0.4 is 5.32 Å². The summed E-state index contributed by atoms with van der Waals surface area (Å²) in [6.07, 6.45) is 9.38. The molecule has 0 amide bonds. The van der Waals surface area contributed by atoms with Gasteiger partial charge in [-0.1, -0.05) is 19.3 Å². The summed E-state index contributed by atoms with van der Waals surface area (Å²) in [7, 11) is 2.29. The quantitative estimate of drug-likeness (QED) is 0.540. The van der Waals surface area contributed by atoms with Gasteiger partial charge in [-0.15, -0.1) is 11.8 Å². The number of nitrogens with zero attached hydrogens (tertiary/aromatic N) is 1. The van der Waals surface area contributed by atoms with E-state index in [0.29, 0.717) is 0 Å². The second kappa shape index (κ2) is 9.50. The van der Waals surface area contributed by atoms with Gasteiger partial charge < -0.3 is 10.2 Å². The lowest BCUT2D eigenvalue weighted by Crippen LogP contribution is -2.35. The standard InChI is InChI=1S/C15H28N2/c1-3-4-8-12-16-13-9-14-17(2)15-10-6-5-7-11-15/h15-16H,5-14H2,1-2H3. The molecule has 1 aliphatic carbocycles. The van der Waals surface area contributed by atoms with Crippen LogP contribution in [0.3, 0.4) is 0 Å². The Hall–Kier alpha value is -0.520. The molecule has 0 radical (unpaired) electrons. The smallest absolute Gasteiger partial charge is 0.0214 e. The van der Waals surface area contributed by atoms with Gasteiger partial charge in [0.05, 0.1) is 0 Å². The summed E-state index contributed by atoms with van der Waals surface area (Å²) in [5.41, 5.74) is 0. The fourth-order valence-corrected chi connectivity index (χ4v) is 2.56. The molecule has 0 spiro atoms. The van der Waals surface area contributed by atoms with Crippen molar-refractivity contribution in [2.75, 3.05) is 26.7 Å². The van der Waals surface area contributed by atoms with E-state index in [4.69, 9.17) is 0 Å². The van der Waals surface area contributed by atoms with E-state index in [1.54, 1.807) is 0 Å². The Bertz CT molecular complexity index is 233. The minimum Gasteiger partial charge on any atom is -0.316 e. The van der Waals surface area contributed by atoms with Crippen molar-refractivity contribution >= 4 is 0 Å². The Balaban J connectivity index is 1.95. The highest BCUT2D eigenvalue weighted by molar-refractivity contribution is 4.95. The van der Waals surface area contributed by atoms with Gasteiger partial charge in [0.15, 0.2) is 0 Å². The fourth-order valence-electron chi connectivity index (χ4n) is 2.56. The summed E-state index contributed by atoms with van der Waals surface area (Å²) in [5.74, 6) is 6.00. The van der Waals surface area contributed by atoms with Crippen LogP contribution in [0, 0.1) is 11.8 Å². The third-order valence-electron chi connectivity index (χ3n) is 3.67. The first-order valence-electron chi connectivity index (χ1n) is 7.15. The van der Waals surface area contributed by atoms with Crippen LogP contribution in [0.25, 0.3) is 0 Å². The van der Waals surface area contributed by atoms with Crippen LogP contribution in [-0.2, 0) is 0 Å². The van der Waals surface area contributed by atoms with Crippen LogP contribution in [0.15, 0.2) is 0 Å². The molecule has 98 valence electrons. The summed E-state index contributed by atoms with van der Waals surface area (Å²) >= 11 is 0. The van der Waals surface area contributed by atoms with E-state index in [2.05, 4.69) is 29.1 Å². The third kappa shape index (κ3) is 6.71. The Labute approximate surface area is 107 Å². The molecule has 0 aromatic carbocycles. The Kier molecular flexibility index (Phi) is 8.13. The van der Waals surface area contributed by atoms with Crippen molar-refractivity contribution in [3.63, 3.8) is 0 Å². The molecule has 0 heterocycles. The normalized spacial score (nSPS) is 16.9. The van der Waals surface area contributed by atoms with Gasteiger partial charge >= 0.3 is 0 Å². The number of hydrogen-bond donors (Lipinski definition) is 1. The average molecular weight is 236 g/mol. The molecule has 2 heteroatoms. The van der Waals surface area contributed by atoms with Gasteiger partial charge in [-0.2, -0.15) is 0 Å². The Morgan fingerprint density at radius 3 is 2.65 bits per heavy atom. The molecule has 0 saturated heterocycles. The van der Waals surface area contributed by atoms with E-state index in [1.165, 1.54) is 45.1 Å². The highest BCUT2D eigenvalue weighted by Crippen LogP contribution is 2.21. The predicted molar refractivity (Wildman–Crippen MR) is 75.1 cm³/mol. The molecule has 0 aromatic rings. The lowest BCUT2D eigenvalue weighted by Gasteiger charge is -2.31. The monoisotopic (exact) mass is 236 g/mol. The van der Waals surface area contributed by atoms with Crippen molar-refractivity contribution in [2.45, 2.75) is 57.9 Å². The Morgan fingerprint density at radius 1 is 1.18 bits per heavy atom. The fraction of sp³-hybridized carbons (Fsp3) is 0.867. The molecule has 1 rings (SSSR count). The zero-order valence-electron chi connectivity index (χ0n) is 11.6. The highest BCUT2D eigenvalue weighted by Gasteiger charge is 2.16. The summed E-state index contributed by atoms with van der Waals surface area (Å²) in [6.45, 7) is 5.30.